The van der Waals surface area contributed by atoms with Gasteiger partial charge in [-0.25, -0.2) is 0 Å². The van der Waals surface area contributed by atoms with E-state index in [0.717, 1.165) is 31.4 Å². The van der Waals surface area contributed by atoms with Crippen LogP contribution < -0.4 is 10.5 Å². The lowest BCUT2D eigenvalue weighted by Crippen LogP contribution is -2.44. The Balaban J connectivity index is 1.77. The Morgan fingerprint density at radius 2 is 2.19 bits per heavy atom. The van der Waals surface area contributed by atoms with Crippen molar-refractivity contribution >= 4 is 23.2 Å². The Morgan fingerprint density at radius 3 is 2.90 bits per heavy atom. The molecule has 21 heavy (non-hydrogen) atoms. The van der Waals surface area contributed by atoms with Gasteiger partial charge in [0, 0.05) is 43.0 Å². The first-order valence-corrected chi connectivity index (χ1v) is 7.94. The first kappa shape index (κ1) is 15.4. The van der Waals surface area contributed by atoms with Crippen LogP contribution in [-0.4, -0.2) is 31.5 Å². The van der Waals surface area contributed by atoms with Crippen LogP contribution in [0.1, 0.15) is 24.8 Å². The van der Waals surface area contributed by atoms with Gasteiger partial charge < -0.3 is 19.9 Å². The van der Waals surface area contributed by atoms with Crippen molar-refractivity contribution in [1.29, 1.82) is 0 Å². The molecule has 2 atom stereocenters. The highest BCUT2D eigenvalue weighted by Gasteiger charge is 2.42. The van der Waals surface area contributed by atoms with Gasteiger partial charge in [-0.2, -0.15) is 0 Å². The molecule has 0 amide bonds. The summed E-state index contributed by atoms with van der Waals surface area (Å²) in [4.78, 5) is 0. The van der Waals surface area contributed by atoms with E-state index in [1.165, 1.54) is 0 Å². The predicted octanol–water partition coefficient (Wildman–Crippen LogP) is 3.17. The Morgan fingerprint density at radius 1 is 1.33 bits per heavy atom. The number of nitrogens with two attached hydrogens (primary N) is 1. The molecule has 2 fully saturated rings. The third-order valence-corrected chi connectivity index (χ3v) is 4.60. The smallest absolute Gasteiger partial charge is 0.142 e. The number of benzene rings is 1. The molecular formula is C15H19Cl2NO3. The summed E-state index contributed by atoms with van der Waals surface area (Å²) in [5, 5.41) is 1.08. The van der Waals surface area contributed by atoms with Crippen molar-refractivity contribution in [1.82, 2.24) is 0 Å². The molecule has 2 N–H and O–H groups in total. The average molecular weight is 332 g/mol. The minimum Gasteiger partial charge on any atom is -0.488 e. The van der Waals surface area contributed by atoms with Gasteiger partial charge in [0.2, 0.25) is 0 Å². The lowest BCUT2D eigenvalue weighted by molar-refractivity contribution is -0.112. The maximum Gasteiger partial charge on any atom is 0.142 e. The van der Waals surface area contributed by atoms with E-state index in [1.54, 1.807) is 12.1 Å². The molecule has 6 heteroatoms. The van der Waals surface area contributed by atoms with Gasteiger partial charge in [-0.05, 0) is 12.1 Å². The maximum atomic E-state index is 6.26. The molecule has 116 valence electrons. The largest absolute Gasteiger partial charge is 0.488 e. The molecule has 2 saturated heterocycles. The van der Waals surface area contributed by atoms with Gasteiger partial charge in [0.05, 0.1) is 23.8 Å². The van der Waals surface area contributed by atoms with Crippen LogP contribution in [0.2, 0.25) is 10.0 Å². The highest BCUT2D eigenvalue weighted by molar-refractivity contribution is 6.35. The molecule has 3 rings (SSSR count). The van der Waals surface area contributed by atoms with Crippen molar-refractivity contribution in [2.45, 2.75) is 37.5 Å². The first-order valence-electron chi connectivity index (χ1n) is 7.18. The van der Waals surface area contributed by atoms with Crippen molar-refractivity contribution in [2.75, 3.05) is 19.8 Å². The van der Waals surface area contributed by atoms with Crippen molar-refractivity contribution in [3.8, 4) is 5.75 Å². The second-order valence-electron chi connectivity index (χ2n) is 5.65. The Kier molecular flexibility index (Phi) is 4.62. The normalized spacial score (nSPS) is 29.0. The van der Waals surface area contributed by atoms with Crippen LogP contribution in [0.3, 0.4) is 0 Å². The zero-order chi connectivity index (χ0) is 14.9. The second kappa shape index (κ2) is 6.31. The summed E-state index contributed by atoms with van der Waals surface area (Å²) in [6, 6.07) is 3.49. The zero-order valence-electron chi connectivity index (χ0n) is 11.7. The molecule has 0 aromatic heterocycles. The topological polar surface area (TPSA) is 53.7 Å². The SMILES string of the molecule is NCc1cc(Cl)cc(Cl)c1OC1CCOC2(CCOC2)C1. The van der Waals surface area contributed by atoms with Crippen LogP contribution in [-0.2, 0) is 16.0 Å². The lowest BCUT2D eigenvalue weighted by Gasteiger charge is -2.37. The molecule has 0 saturated carbocycles. The zero-order valence-corrected chi connectivity index (χ0v) is 13.3. The van der Waals surface area contributed by atoms with E-state index in [4.69, 9.17) is 43.1 Å². The van der Waals surface area contributed by atoms with E-state index < -0.39 is 0 Å². The summed E-state index contributed by atoms with van der Waals surface area (Å²) in [5.41, 5.74) is 6.41. The predicted molar refractivity (Wildman–Crippen MR) is 82.1 cm³/mol. The van der Waals surface area contributed by atoms with E-state index in [2.05, 4.69) is 0 Å². The van der Waals surface area contributed by atoms with Gasteiger partial charge in [0.15, 0.2) is 0 Å². The number of hydrogen-bond acceptors (Lipinski definition) is 4. The minimum absolute atomic E-state index is 0.0597. The molecule has 2 unspecified atom stereocenters. The molecule has 2 aliphatic rings. The van der Waals surface area contributed by atoms with E-state index in [1.807, 2.05) is 0 Å². The van der Waals surface area contributed by atoms with Crippen molar-refractivity contribution in [2.24, 2.45) is 5.73 Å². The van der Waals surface area contributed by atoms with Gasteiger partial charge in [-0.3, -0.25) is 0 Å². The molecule has 1 aromatic rings. The molecular weight excluding hydrogens is 313 g/mol. The van der Waals surface area contributed by atoms with E-state index in [-0.39, 0.29) is 11.7 Å². The standard InChI is InChI=1S/C15H19Cl2NO3/c16-11-5-10(8-18)14(13(17)6-11)21-12-1-3-20-15(7-12)2-4-19-9-15/h5-6,12H,1-4,7-9,18H2. The monoisotopic (exact) mass is 331 g/mol. The Hall–Kier alpha value is -0.520. The van der Waals surface area contributed by atoms with Crippen LogP contribution >= 0.6 is 23.2 Å². The van der Waals surface area contributed by atoms with Gasteiger partial charge in [-0.15, -0.1) is 0 Å². The lowest BCUT2D eigenvalue weighted by atomic mass is 9.91. The number of hydrogen-bond donors (Lipinski definition) is 1. The van der Waals surface area contributed by atoms with Gasteiger partial charge >= 0.3 is 0 Å². The second-order valence-corrected chi connectivity index (χ2v) is 6.49. The highest BCUT2D eigenvalue weighted by Crippen LogP contribution is 2.38. The summed E-state index contributed by atoms with van der Waals surface area (Å²) in [6.45, 7) is 2.41. The molecule has 2 heterocycles. The summed E-state index contributed by atoms with van der Waals surface area (Å²) >= 11 is 12.3. The molecule has 1 aromatic carbocycles. The first-order chi connectivity index (χ1) is 10.1. The van der Waals surface area contributed by atoms with Crippen LogP contribution in [0.25, 0.3) is 0 Å². The fourth-order valence-electron chi connectivity index (χ4n) is 3.01. The summed E-state index contributed by atoms with van der Waals surface area (Å²) in [6.07, 6.45) is 2.63. The Bertz CT molecular complexity index is 518. The Labute approximate surface area is 134 Å². The number of ether oxygens (including phenoxy) is 3. The van der Waals surface area contributed by atoms with Crippen molar-refractivity contribution in [3.63, 3.8) is 0 Å². The minimum atomic E-state index is -0.190. The van der Waals surface area contributed by atoms with Crippen molar-refractivity contribution in [3.05, 3.63) is 27.7 Å². The summed E-state index contributed by atoms with van der Waals surface area (Å²) in [5.74, 6) is 0.643. The van der Waals surface area contributed by atoms with Gasteiger partial charge in [-0.1, -0.05) is 23.2 Å². The van der Waals surface area contributed by atoms with E-state index >= 15 is 0 Å². The molecule has 2 aliphatic heterocycles. The summed E-state index contributed by atoms with van der Waals surface area (Å²) in [7, 11) is 0. The summed E-state index contributed by atoms with van der Waals surface area (Å²) < 4.78 is 17.5. The van der Waals surface area contributed by atoms with E-state index in [0.29, 0.717) is 35.6 Å². The maximum absolute atomic E-state index is 6.26. The van der Waals surface area contributed by atoms with Crippen LogP contribution in [0, 0.1) is 0 Å². The molecule has 1 spiro atoms. The molecule has 4 nitrogen and oxygen atoms in total. The highest BCUT2D eigenvalue weighted by atomic mass is 35.5. The molecule has 0 aliphatic carbocycles. The quantitative estimate of drug-likeness (QED) is 0.924. The van der Waals surface area contributed by atoms with Gasteiger partial charge in [0.25, 0.3) is 0 Å². The fraction of sp³-hybridized carbons (Fsp3) is 0.600. The average Bonchev–Trinajstić information content (AvgIpc) is 2.89. The number of rotatable bonds is 3. The molecule has 0 radical (unpaired) electrons. The van der Waals surface area contributed by atoms with Crippen LogP contribution in [0.15, 0.2) is 12.1 Å². The fourth-order valence-corrected chi connectivity index (χ4v) is 3.59. The van der Waals surface area contributed by atoms with Crippen LogP contribution in [0.4, 0.5) is 0 Å². The van der Waals surface area contributed by atoms with Crippen molar-refractivity contribution < 1.29 is 14.2 Å². The third-order valence-electron chi connectivity index (χ3n) is 4.10. The van der Waals surface area contributed by atoms with E-state index in [9.17, 15) is 0 Å². The van der Waals surface area contributed by atoms with Crippen LogP contribution in [0.5, 0.6) is 5.75 Å². The van der Waals surface area contributed by atoms with Gasteiger partial charge in [0.1, 0.15) is 11.9 Å². The number of halogens is 2. The molecule has 0 bridgehead atoms. The third kappa shape index (κ3) is 3.30.